The number of nitrogens with zero attached hydrogens (tertiary/aromatic N) is 1. The maximum atomic E-state index is 12.7. The molecule has 0 saturated carbocycles. The zero-order valence-electron chi connectivity index (χ0n) is 15.5. The van der Waals surface area contributed by atoms with Gasteiger partial charge in [0.05, 0.1) is 0 Å². The van der Waals surface area contributed by atoms with Gasteiger partial charge in [-0.3, -0.25) is 9.59 Å². The van der Waals surface area contributed by atoms with Crippen LogP contribution in [0.3, 0.4) is 0 Å². The number of para-hydroxylation sites is 1. The Bertz CT molecular complexity index is 611. The minimum absolute atomic E-state index is 0.0862. The molecule has 1 unspecified atom stereocenters. The number of aliphatic hydroxyl groups is 1. The van der Waals surface area contributed by atoms with Crippen LogP contribution < -0.4 is 10.2 Å². The number of aliphatic hydroxyl groups excluding tert-OH is 1. The summed E-state index contributed by atoms with van der Waals surface area (Å²) < 4.78 is 0. The normalized spacial score (nSPS) is 17.1. The molecule has 0 fully saturated rings. The predicted octanol–water partition coefficient (Wildman–Crippen LogP) is 2.83. The molecule has 0 aliphatic carbocycles. The highest BCUT2D eigenvalue weighted by molar-refractivity contribution is 6.40. The molecule has 0 bridgehead atoms. The summed E-state index contributed by atoms with van der Waals surface area (Å²) in [5.74, 6) is -0.668. The first-order valence-electron chi connectivity index (χ1n) is 9.27. The van der Waals surface area contributed by atoms with Crippen LogP contribution in [0, 0.1) is 5.41 Å². The van der Waals surface area contributed by atoms with Gasteiger partial charge < -0.3 is 15.3 Å². The maximum absolute atomic E-state index is 12.7. The lowest BCUT2D eigenvalue weighted by Crippen LogP contribution is -2.48. The van der Waals surface area contributed by atoms with Crippen molar-refractivity contribution in [1.82, 2.24) is 5.32 Å². The van der Waals surface area contributed by atoms with Crippen LogP contribution in [0.4, 0.5) is 5.69 Å². The molecule has 2 N–H and O–H groups in total. The number of nitrogens with one attached hydrogen (secondary N) is 1. The van der Waals surface area contributed by atoms with E-state index in [1.807, 2.05) is 24.3 Å². The molecule has 1 atom stereocenters. The molecule has 138 valence electrons. The average Bonchev–Trinajstić information content (AvgIpc) is 2.65. The quantitative estimate of drug-likeness (QED) is 0.778. The molecule has 2 amide bonds. The summed E-state index contributed by atoms with van der Waals surface area (Å²) in [4.78, 5) is 26.7. The van der Waals surface area contributed by atoms with Crippen molar-refractivity contribution in [1.29, 1.82) is 0 Å². The Labute approximate surface area is 150 Å². The summed E-state index contributed by atoms with van der Waals surface area (Å²) in [6.45, 7) is 7.31. The fourth-order valence-electron chi connectivity index (χ4n) is 3.60. The first kappa shape index (κ1) is 19.4. The second-order valence-electron chi connectivity index (χ2n) is 7.07. The fourth-order valence-corrected chi connectivity index (χ4v) is 3.60. The van der Waals surface area contributed by atoms with Gasteiger partial charge in [0.1, 0.15) is 0 Å². The van der Waals surface area contributed by atoms with Crippen molar-refractivity contribution in [2.24, 2.45) is 5.41 Å². The highest BCUT2D eigenvalue weighted by Gasteiger charge is 2.32. The van der Waals surface area contributed by atoms with Gasteiger partial charge in [0, 0.05) is 25.4 Å². The third-order valence-corrected chi connectivity index (χ3v) is 5.75. The molecule has 5 heteroatoms. The molecule has 0 saturated heterocycles. The summed E-state index contributed by atoms with van der Waals surface area (Å²) >= 11 is 0. The number of carbonyl (C=O) groups is 2. The van der Waals surface area contributed by atoms with Gasteiger partial charge in [-0.15, -0.1) is 0 Å². The van der Waals surface area contributed by atoms with Crippen LogP contribution in [0.25, 0.3) is 0 Å². The summed E-state index contributed by atoms with van der Waals surface area (Å²) in [7, 11) is 0. The molecule has 0 aromatic heterocycles. The molecule has 0 spiro atoms. The van der Waals surface area contributed by atoms with Crippen molar-refractivity contribution < 1.29 is 14.7 Å². The van der Waals surface area contributed by atoms with E-state index in [1.54, 1.807) is 4.90 Å². The van der Waals surface area contributed by atoms with Crippen molar-refractivity contribution in [3.63, 3.8) is 0 Å². The molecule has 1 aromatic carbocycles. The van der Waals surface area contributed by atoms with E-state index in [1.165, 1.54) is 0 Å². The van der Waals surface area contributed by atoms with Crippen molar-refractivity contribution >= 4 is 17.5 Å². The van der Waals surface area contributed by atoms with Gasteiger partial charge >= 0.3 is 11.8 Å². The highest BCUT2D eigenvalue weighted by atomic mass is 16.3. The van der Waals surface area contributed by atoms with Gasteiger partial charge in [0.2, 0.25) is 0 Å². The van der Waals surface area contributed by atoms with Crippen LogP contribution in [0.5, 0.6) is 0 Å². The zero-order chi connectivity index (χ0) is 18.4. The Morgan fingerprint density at radius 3 is 2.60 bits per heavy atom. The Morgan fingerprint density at radius 2 is 1.96 bits per heavy atom. The van der Waals surface area contributed by atoms with Crippen molar-refractivity contribution in [3.8, 4) is 0 Å². The van der Waals surface area contributed by atoms with E-state index in [0.717, 1.165) is 30.5 Å². The van der Waals surface area contributed by atoms with Crippen LogP contribution >= 0.6 is 0 Å². The Morgan fingerprint density at radius 1 is 1.28 bits per heavy atom. The molecule has 0 radical (unpaired) electrons. The second-order valence-corrected chi connectivity index (χ2v) is 7.07. The van der Waals surface area contributed by atoms with E-state index in [0.29, 0.717) is 25.4 Å². The SMILES string of the molecule is CCC(CC)(CCO)CNC(=O)C(=O)N1CCC(C)c2ccccc21. The van der Waals surface area contributed by atoms with Gasteiger partial charge in [-0.25, -0.2) is 0 Å². The Kier molecular flexibility index (Phi) is 6.59. The van der Waals surface area contributed by atoms with Crippen molar-refractivity contribution in [2.45, 2.75) is 52.4 Å². The van der Waals surface area contributed by atoms with E-state index in [2.05, 4.69) is 26.1 Å². The van der Waals surface area contributed by atoms with Crippen LogP contribution in [0.15, 0.2) is 24.3 Å². The summed E-state index contributed by atoms with van der Waals surface area (Å²) in [6, 6.07) is 7.80. The predicted molar refractivity (Wildman–Crippen MR) is 99.6 cm³/mol. The van der Waals surface area contributed by atoms with Crippen LogP contribution in [0.2, 0.25) is 0 Å². The van der Waals surface area contributed by atoms with E-state index >= 15 is 0 Å². The number of amides is 2. The molecule has 25 heavy (non-hydrogen) atoms. The molecule has 1 aromatic rings. The number of rotatable bonds is 6. The number of benzene rings is 1. The number of fused-ring (bicyclic) bond motifs is 1. The largest absolute Gasteiger partial charge is 0.396 e. The molecule has 1 aliphatic heterocycles. The average molecular weight is 346 g/mol. The van der Waals surface area contributed by atoms with Crippen molar-refractivity contribution in [2.75, 3.05) is 24.6 Å². The minimum atomic E-state index is -0.562. The van der Waals surface area contributed by atoms with E-state index in [-0.39, 0.29) is 12.0 Å². The standard InChI is InChI=1S/C20H30N2O3/c1-4-20(5-2,11-13-23)14-21-18(24)19(25)22-12-10-15(3)16-8-6-7-9-17(16)22/h6-9,15,23H,4-5,10-14H2,1-3H3,(H,21,24). The second kappa shape index (κ2) is 8.48. The summed E-state index contributed by atoms with van der Waals surface area (Å²) in [6.07, 6.45) is 3.18. The first-order chi connectivity index (χ1) is 12.0. The number of hydrogen-bond acceptors (Lipinski definition) is 3. The topological polar surface area (TPSA) is 69.6 Å². The third kappa shape index (κ3) is 4.21. The lowest BCUT2D eigenvalue weighted by Gasteiger charge is -2.34. The van der Waals surface area contributed by atoms with E-state index in [4.69, 9.17) is 0 Å². The smallest absolute Gasteiger partial charge is 0.316 e. The molecule has 1 aliphatic rings. The third-order valence-electron chi connectivity index (χ3n) is 5.75. The van der Waals surface area contributed by atoms with Gasteiger partial charge in [0.15, 0.2) is 0 Å². The summed E-state index contributed by atoms with van der Waals surface area (Å²) in [5, 5.41) is 12.1. The Hall–Kier alpha value is -1.88. The molecule has 5 nitrogen and oxygen atoms in total. The van der Waals surface area contributed by atoms with Crippen LogP contribution in [-0.2, 0) is 9.59 Å². The van der Waals surface area contributed by atoms with E-state index in [9.17, 15) is 14.7 Å². The zero-order valence-corrected chi connectivity index (χ0v) is 15.5. The molecular weight excluding hydrogens is 316 g/mol. The number of hydrogen-bond donors (Lipinski definition) is 2. The van der Waals surface area contributed by atoms with Gasteiger partial charge in [-0.05, 0) is 48.6 Å². The lowest BCUT2D eigenvalue weighted by molar-refractivity contribution is -0.138. The number of carbonyl (C=O) groups excluding carboxylic acids is 2. The number of anilines is 1. The highest BCUT2D eigenvalue weighted by Crippen LogP contribution is 2.35. The lowest BCUT2D eigenvalue weighted by atomic mass is 9.79. The fraction of sp³-hybridized carbons (Fsp3) is 0.600. The van der Waals surface area contributed by atoms with Crippen LogP contribution in [-0.4, -0.2) is 36.6 Å². The van der Waals surface area contributed by atoms with E-state index < -0.39 is 11.8 Å². The molecule has 2 rings (SSSR count). The van der Waals surface area contributed by atoms with Crippen molar-refractivity contribution in [3.05, 3.63) is 29.8 Å². The summed E-state index contributed by atoms with van der Waals surface area (Å²) in [5.41, 5.74) is 1.81. The molecular formula is C20H30N2O3. The minimum Gasteiger partial charge on any atom is -0.396 e. The van der Waals surface area contributed by atoms with Gasteiger partial charge in [0.25, 0.3) is 0 Å². The monoisotopic (exact) mass is 346 g/mol. The molecule has 1 heterocycles. The van der Waals surface area contributed by atoms with Crippen LogP contribution in [0.1, 0.15) is 57.9 Å². The van der Waals surface area contributed by atoms with Gasteiger partial charge in [-0.1, -0.05) is 39.0 Å². The van der Waals surface area contributed by atoms with Gasteiger partial charge in [-0.2, -0.15) is 0 Å². The first-order valence-corrected chi connectivity index (χ1v) is 9.27. The maximum Gasteiger partial charge on any atom is 0.316 e. The Balaban J connectivity index is 2.08.